The summed E-state index contributed by atoms with van der Waals surface area (Å²) in [6.07, 6.45) is 9.86. The second-order valence-corrected chi connectivity index (χ2v) is 6.32. The molecule has 2 nitrogen and oxygen atoms in total. The number of hydrogen-bond donors (Lipinski definition) is 1. The lowest BCUT2D eigenvalue weighted by molar-refractivity contribution is 0.0737. The first-order chi connectivity index (χ1) is 8.22. The molecule has 2 heteroatoms. The van der Waals surface area contributed by atoms with Gasteiger partial charge in [-0.1, -0.05) is 19.8 Å². The normalized spacial score (nSPS) is 41.1. The Hall–Kier alpha value is -0.0800. The molecule has 0 radical (unpaired) electrons. The third kappa shape index (κ3) is 3.23. The van der Waals surface area contributed by atoms with Gasteiger partial charge >= 0.3 is 0 Å². The summed E-state index contributed by atoms with van der Waals surface area (Å²) in [5.41, 5.74) is 0. The molecule has 1 N–H and O–H groups in total. The molecule has 17 heavy (non-hydrogen) atoms. The predicted octanol–water partition coefficient (Wildman–Crippen LogP) is 3.03. The summed E-state index contributed by atoms with van der Waals surface area (Å²) >= 11 is 0. The van der Waals surface area contributed by atoms with Gasteiger partial charge in [-0.2, -0.15) is 0 Å². The fourth-order valence-corrected chi connectivity index (χ4v) is 3.84. The Morgan fingerprint density at radius 2 is 1.82 bits per heavy atom. The van der Waals surface area contributed by atoms with Crippen LogP contribution in [0.3, 0.4) is 0 Å². The largest absolute Gasteiger partial charge is 0.315 e. The highest BCUT2D eigenvalue weighted by Gasteiger charge is 2.34. The van der Waals surface area contributed by atoms with Crippen molar-refractivity contribution in [3.8, 4) is 0 Å². The molecular weight excluding hydrogens is 208 g/mol. The minimum absolute atomic E-state index is 0.728. The molecule has 0 spiro atoms. The van der Waals surface area contributed by atoms with Gasteiger partial charge in [-0.15, -0.1) is 0 Å². The zero-order chi connectivity index (χ0) is 12.3. The monoisotopic (exact) mass is 238 g/mol. The average Bonchev–Trinajstić information content (AvgIpc) is 2.54. The second kappa shape index (κ2) is 6.19. The van der Waals surface area contributed by atoms with Crippen LogP contribution in [0.1, 0.15) is 58.8 Å². The van der Waals surface area contributed by atoms with E-state index in [-0.39, 0.29) is 0 Å². The number of likely N-dealkylation sites (N-methyl/N-ethyl adjacent to an activating group) is 1. The van der Waals surface area contributed by atoms with Gasteiger partial charge in [0, 0.05) is 18.1 Å². The minimum atomic E-state index is 0.728. The third-order valence-corrected chi connectivity index (χ3v) is 4.98. The van der Waals surface area contributed by atoms with E-state index in [4.69, 9.17) is 0 Å². The number of nitrogens with zero attached hydrogens (tertiary/aromatic N) is 1. The van der Waals surface area contributed by atoms with Gasteiger partial charge in [-0.25, -0.2) is 0 Å². The summed E-state index contributed by atoms with van der Waals surface area (Å²) in [6, 6.07) is 2.31. The zero-order valence-electron chi connectivity index (χ0n) is 11.9. The number of rotatable bonds is 2. The molecule has 1 heterocycles. The van der Waals surface area contributed by atoms with E-state index < -0.39 is 0 Å². The molecule has 0 aromatic rings. The topological polar surface area (TPSA) is 15.3 Å². The summed E-state index contributed by atoms with van der Waals surface area (Å²) in [7, 11) is 2.15. The van der Waals surface area contributed by atoms with E-state index in [1.54, 1.807) is 0 Å². The highest BCUT2D eigenvalue weighted by molar-refractivity contribution is 4.92. The van der Waals surface area contributed by atoms with E-state index in [0.29, 0.717) is 0 Å². The molecule has 1 saturated heterocycles. The van der Waals surface area contributed by atoms with Crippen LogP contribution in [0.4, 0.5) is 0 Å². The molecular formula is C15H30N2. The van der Waals surface area contributed by atoms with Gasteiger partial charge < -0.3 is 5.32 Å². The zero-order valence-corrected chi connectivity index (χ0v) is 11.9. The van der Waals surface area contributed by atoms with Gasteiger partial charge in [0.2, 0.25) is 0 Å². The lowest BCUT2D eigenvalue weighted by Gasteiger charge is -2.44. The Bertz CT molecular complexity index is 229. The highest BCUT2D eigenvalue weighted by Crippen LogP contribution is 2.31. The molecule has 100 valence electrons. The van der Waals surface area contributed by atoms with Crippen molar-refractivity contribution < 1.29 is 0 Å². The molecule has 4 atom stereocenters. The van der Waals surface area contributed by atoms with Gasteiger partial charge in [0.15, 0.2) is 0 Å². The van der Waals surface area contributed by atoms with Crippen LogP contribution in [-0.4, -0.2) is 36.6 Å². The fraction of sp³-hybridized carbons (Fsp3) is 1.00. The maximum atomic E-state index is 3.57. The maximum absolute atomic E-state index is 3.57. The molecule has 0 bridgehead atoms. The summed E-state index contributed by atoms with van der Waals surface area (Å²) in [4.78, 5) is 2.82. The SMILES string of the molecule is CNC1CCC(C)CC1N1CCCCCC1C. The Balaban J connectivity index is 2.05. The van der Waals surface area contributed by atoms with Crippen molar-refractivity contribution >= 4 is 0 Å². The maximum Gasteiger partial charge on any atom is 0.0254 e. The predicted molar refractivity (Wildman–Crippen MR) is 74.3 cm³/mol. The molecule has 4 unspecified atom stereocenters. The van der Waals surface area contributed by atoms with Crippen LogP contribution < -0.4 is 5.32 Å². The molecule has 2 aliphatic rings. The molecule has 2 rings (SSSR count). The Kier molecular flexibility index (Phi) is 4.87. The van der Waals surface area contributed by atoms with E-state index in [0.717, 1.165) is 24.0 Å². The van der Waals surface area contributed by atoms with Crippen LogP contribution >= 0.6 is 0 Å². The Morgan fingerprint density at radius 3 is 2.59 bits per heavy atom. The molecule has 0 amide bonds. The minimum Gasteiger partial charge on any atom is -0.315 e. The van der Waals surface area contributed by atoms with E-state index in [9.17, 15) is 0 Å². The number of hydrogen-bond acceptors (Lipinski definition) is 2. The van der Waals surface area contributed by atoms with E-state index >= 15 is 0 Å². The van der Waals surface area contributed by atoms with Gasteiger partial charge in [0.1, 0.15) is 0 Å². The van der Waals surface area contributed by atoms with E-state index in [2.05, 4.69) is 31.1 Å². The summed E-state index contributed by atoms with van der Waals surface area (Å²) in [5, 5.41) is 3.57. The van der Waals surface area contributed by atoms with Crippen molar-refractivity contribution in [1.29, 1.82) is 0 Å². The van der Waals surface area contributed by atoms with Crippen LogP contribution in [0.2, 0.25) is 0 Å². The van der Waals surface area contributed by atoms with Crippen LogP contribution in [0.15, 0.2) is 0 Å². The van der Waals surface area contributed by atoms with E-state index in [1.165, 1.54) is 51.5 Å². The van der Waals surface area contributed by atoms with Crippen molar-refractivity contribution in [2.24, 2.45) is 5.92 Å². The van der Waals surface area contributed by atoms with Crippen molar-refractivity contribution in [3.63, 3.8) is 0 Å². The van der Waals surface area contributed by atoms with Crippen LogP contribution in [0.5, 0.6) is 0 Å². The molecule has 1 aliphatic carbocycles. The molecule has 2 fully saturated rings. The van der Waals surface area contributed by atoms with Crippen molar-refractivity contribution in [2.75, 3.05) is 13.6 Å². The van der Waals surface area contributed by atoms with Crippen LogP contribution in [-0.2, 0) is 0 Å². The van der Waals surface area contributed by atoms with Gasteiger partial charge in [-0.05, 0) is 58.5 Å². The second-order valence-electron chi connectivity index (χ2n) is 6.32. The van der Waals surface area contributed by atoms with Gasteiger partial charge in [0.05, 0.1) is 0 Å². The first kappa shape index (κ1) is 13.4. The quantitative estimate of drug-likeness (QED) is 0.795. The first-order valence-electron chi connectivity index (χ1n) is 7.65. The third-order valence-electron chi connectivity index (χ3n) is 4.98. The molecule has 1 aliphatic heterocycles. The highest BCUT2D eigenvalue weighted by atomic mass is 15.2. The van der Waals surface area contributed by atoms with Crippen molar-refractivity contribution in [2.45, 2.75) is 76.9 Å². The van der Waals surface area contributed by atoms with Crippen molar-refractivity contribution in [1.82, 2.24) is 10.2 Å². The number of nitrogens with one attached hydrogen (secondary N) is 1. The average molecular weight is 238 g/mol. The standard InChI is InChI=1S/C15H30N2/c1-12-8-9-14(16-3)15(11-12)17-10-6-4-5-7-13(17)2/h12-16H,4-11H2,1-3H3. The molecule has 1 saturated carbocycles. The first-order valence-corrected chi connectivity index (χ1v) is 7.65. The van der Waals surface area contributed by atoms with Crippen molar-refractivity contribution in [3.05, 3.63) is 0 Å². The summed E-state index contributed by atoms with van der Waals surface area (Å²) in [6.45, 7) is 6.20. The molecule has 0 aromatic carbocycles. The van der Waals surface area contributed by atoms with Gasteiger partial charge in [-0.3, -0.25) is 4.90 Å². The lowest BCUT2D eigenvalue weighted by Crippen LogP contribution is -2.54. The Morgan fingerprint density at radius 1 is 1.00 bits per heavy atom. The lowest BCUT2D eigenvalue weighted by atomic mass is 9.82. The number of likely N-dealkylation sites (tertiary alicyclic amines) is 1. The Labute approximate surface area is 107 Å². The van der Waals surface area contributed by atoms with Crippen LogP contribution in [0, 0.1) is 5.92 Å². The smallest absolute Gasteiger partial charge is 0.0254 e. The van der Waals surface area contributed by atoms with Gasteiger partial charge in [0.25, 0.3) is 0 Å². The summed E-state index contributed by atoms with van der Waals surface area (Å²) in [5.74, 6) is 0.917. The fourth-order valence-electron chi connectivity index (χ4n) is 3.84. The van der Waals surface area contributed by atoms with Crippen LogP contribution in [0.25, 0.3) is 0 Å². The summed E-state index contributed by atoms with van der Waals surface area (Å²) < 4.78 is 0. The van der Waals surface area contributed by atoms with E-state index in [1.807, 2.05) is 0 Å². The molecule has 0 aromatic heterocycles.